The van der Waals surface area contributed by atoms with Crippen molar-refractivity contribution in [3.63, 3.8) is 0 Å². The molecule has 0 aromatic carbocycles. The van der Waals surface area contributed by atoms with Gasteiger partial charge in [0, 0.05) is 18.8 Å². The number of hydrogen-bond donors (Lipinski definition) is 0. The first-order valence-corrected chi connectivity index (χ1v) is 8.27. The van der Waals surface area contributed by atoms with E-state index in [1.165, 1.54) is 0 Å². The largest absolute Gasteiger partial charge is 0.379 e. The highest BCUT2D eigenvalue weighted by Crippen LogP contribution is 2.08. The number of carbonyl (C=O) groups excluding carboxylic acids is 1. The minimum atomic E-state index is 0.646. The van der Waals surface area contributed by atoms with Crippen molar-refractivity contribution in [1.82, 2.24) is 0 Å². The summed E-state index contributed by atoms with van der Waals surface area (Å²) in [5, 5.41) is 0. The van der Waals surface area contributed by atoms with E-state index < -0.39 is 0 Å². The number of aldehydes is 1. The van der Waals surface area contributed by atoms with Crippen LogP contribution in [0.1, 0.15) is 19.3 Å². The smallest absolute Gasteiger partial charge is 0.119 e. The molecule has 0 N–H and O–H groups in total. The van der Waals surface area contributed by atoms with Crippen LogP contribution >= 0.6 is 30.1 Å². The van der Waals surface area contributed by atoms with Crippen molar-refractivity contribution in [3.8, 4) is 0 Å². The molecule has 0 aromatic heterocycles. The number of ether oxygens (including phenoxy) is 2. The Bertz CT molecular complexity index is 125. The van der Waals surface area contributed by atoms with E-state index in [0.717, 1.165) is 38.1 Å². The van der Waals surface area contributed by atoms with Crippen molar-refractivity contribution < 1.29 is 14.3 Å². The average molecular weight is 332 g/mol. The van der Waals surface area contributed by atoms with E-state index in [9.17, 15) is 4.79 Å². The van der Waals surface area contributed by atoms with E-state index in [4.69, 9.17) is 9.47 Å². The summed E-state index contributed by atoms with van der Waals surface area (Å²) in [5.74, 6) is 1.03. The van der Waals surface area contributed by atoms with Crippen molar-refractivity contribution in [1.29, 1.82) is 0 Å². The SMILES string of the molecule is O=CCCCCOCCOCCSI. The summed E-state index contributed by atoms with van der Waals surface area (Å²) < 4.78 is 10.6. The molecule has 0 fully saturated rings. The highest BCUT2D eigenvalue weighted by molar-refractivity contribution is 14.2. The highest BCUT2D eigenvalue weighted by Gasteiger charge is 1.91. The van der Waals surface area contributed by atoms with Crippen LogP contribution in [0, 0.1) is 0 Å². The molecule has 3 nitrogen and oxygen atoms in total. The van der Waals surface area contributed by atoms with Gasteiger partial charge in [-0.05, 0) is 34.0 Å². The van der Waals surface area contributed by atoms with Gasteiger partial charge in [-0.3, -0.25) is 0 Å². The standard InChI is InChI=1S/C9H17IO3S/c10-14-9-8-13-7-6-12-5-3-1-2-4-11/h4H,1-3,5-9H2. The molecule has 0 saturated heterocycles. The number of unbranched alkanes of at least 4 members (excludes halogenated alkanes) is 2. The lowest BCUT2D eigenvalue weighted by atomic mass is 10.3. The van der Waals surface area contributed by atoms with Crippen molar-refractivity contribution in [2.45, 2.75) is 19.3 Å². The Morgan fingerprint density at radius 1 is 1.07 bits per heavy atom. The van der Waals surface area contributed by atoms with Gasteiger partial charge in [-0.15, -0.1) is 0 Å². The van der Waals surface area contributed by atoms with Crippen LogP contribution in [-0.2, 0) is 14.3 Å². The number of hydrogen-bond acceptors (Lipinski definition) is 4. The molecule has 0 rings (SSSR count). The molecule has 0 aromatic rings. The number of halogens is 1. The van der Waals surface area contributed by atoms with Crippen LogP contribution in [0.2, 0.25) is 0 Å². The number of rotatable bonds is 11. The Kier molecular flexibility index (Phi) is 14.3. The molecular weight excluding hydrogens is 315 g/mol. The third-order valence-electron chi connectivity index (χ3n) is 1.54. The molecule has 0 bridgehead atoms. The maximum absolute atomic E-state index is 9.98. The van der Waals surface area contributed by atoms with Gasteiger partial charge >= 0.3 is 0 Å². The third kappa shape index (κ3) is 12.7. The molecular formula is C9H17IO3S. The summed E-state index contributed by atoms with van der Waals surface area (Å²) in [5.41, 5.74) is 0. The van der Waals surface area contributed by atoms with Gasteiger partial charge < -0.3 is 14.3 Å². The normalized spacial score (nSPS) is 10.4. The Morgan fingerprint density at radius 3 is 2.43 bits per heavy atom. The van der Waals surface area contributed by atoms with Crippen molar-refractivity contribution in [2.75, 3.05) is 32.2 Å². The van der Waals surface area contributed by atoms with Gasteiger partial charge in [-0.1, -0.05) is 8.93 Å². The molecule has 0 amide bonds. The molecule has 0 spiro atoms. The Labute approximate surface area is 102 Å². The van der Waals surface area contributed by atoms with Crippen molar-refractivity contribution in [2.24, 2.45) is 0 Å². The predicted octanol–water partition coefficient (Wildman–Crippen LogP) is 2.47. The van der Waals surface area contributed by atoms with E-state index in [-0.39, 0.29) is 0 Å². The quantitative estimate of drug-likeness (QED) is 0.331. The monoisotopic (exact) mass is 332 g/mol. The summed E-state index contributed by atoms with van der Waals surface area (Å²) >= 11 is 2.25. The van der Waals surface area contributed by atoms with E-state index >= 15 is 0 Å². The summed E-state index contributed by atoms with van der Waals surface area (Å²) in [4.78, 5) is 9.98. The third-order valence-corrected chi connectivity index (χ3v) is 3.18. The lowest BCUT2D eigenvalue weighted by Gasteiger charge is -2.04. The fraction of sp³-hybridized carbons (Fsp3) is 0.889. The van der Waals surface area contributed by atoms with Gasteiger partial charge in [-0.2, -0.15) is 0 Å². The second-order valence-electron chi connectivity index (χ2n) is 2.70. The summed E-state index contributed by atoms with van der Waals surface area (Å²) in [7, 11) is 1.75. The highest BCUT2D eigenvalue weighted by atomic mass is 127. The molecule has 0 aliphatic carbocycles. The second kappa shape index (κ2) is 13.7. The Morgan fingerprint density at radius 2 is 1.79 bits per heavy atom. The number of carbonyl (C=O) groups is 1. The van der Waals surface area contributed by atoms with Crippen LogP contribution in [0.3, 0.4) is 0 Å². The molecule has 14 heavy (non-hydrogen) atoms. The van der Waals surface area contributed by atoms with Crippen LogP contribution in [0.5, 0.6) is 0 Å². The first-order valence-electron chi connectivity index (χ1n) is 4.74. The molecule has 0 heterocycles. The van der Waals surface area contributed by atoms with Crippen LogP contribution in [0.15, 0.2) is 0 Å². The Balaban J connectivity index is 2.81. The van der Waals surface area contributed by atoms with Crippen molar-refractivity contribution >= 4 is 36.4 Å². The average Bonchev–Trinajstić information content (AvgIpc) is 2.21. The van der Waals surface area contributed by atoms with Crippen molar-refractivity contribution in [3.05, 3.63) is 0 Å². The van der Waals surface area contributed by atoms with Gasteiger partial charge in [0.05, 0.1) is 19.8 Å². The zero-order valence-electron chi connectivity index (χ0n) is 8.25. The van der Waals surface area contributed by atoms with Crippen LogP contribution in [0.25, 0.3) is 0 Å². The molecule has 0 aliphatic heterocycles. The molecule has 5 heteroatoms. The molecule has 0 radical (unpaired) electrons. The lowest BCUT2D eigenvalue weighted by Crippen LogP contribution is -2.06. The van der Waals surface area contributed by atoms with E-state index in [1.807, 2.05) is 0 Å². The van der Waals surface area contributed by atoms with E-state index in [0.29, 0.717) is 19.6 Å². The predicted molar refractivity (Wildman–Crippen MR) is 68.0 cm³/mol. The van der Waals surface area contributed by atoms with Gasteiger partial charge in [0.1, 0.15) is 6.29 Å². The second-order valence-corrected chi connectivity index (χ2v) is 5.20. The Hall–Kier alpha value is 0.670. The van der Waals surface area contributed by atoms with E-state index in [1.54, 1.807) is 8.93 Å². The summed E-state index contributed by atoms with van der Waals surface area (Å²) in [6.07, 6.45) is 3.48. The van der Waals surface area contributed by atoms with Gasteiger partial charge in [0.2, 0.25) is 0 Å². The first-order chi connectivity index (χ1) is 6.91. The van der Waals surface area contributed by atoms with Gasteiger partial charge in [-0.25, -0.2) is 0 Å². The maximum atomic E-state index is 9.98. The molecule has 0 unspecified atom stereocenters. The fourth-order valence-corrected chi connectivity index (χ4v) is 1.56. The minimum Gasteiger partial charge on any atom is -0.379 e. The van der Waals surface area contributed by atoms with Gasteiger partial charge in [0.15, 0.2) is 0 Å². The first kappa shape index (κ1) is 14.7. The fourth-order valence-electron chi connectivity index (χ4n) is 0.844. The van der Waals surface area contributed by atoms with Crippen LogP contribution < -0.4 is 0 Å². The van der Waals surface area contributed by atoms with Gasteiger partial charge in [0.25, 0.3) is 0 Å². The summed E-state index contributed by atoms with van der Waals surface area (Å²) in [6.45, 7) is 2.86. The molecule has 84 valence electrons. The molecule has 0 saturated carbocycles. The zero-order valence-corrected chi connectivity index (χ0v) is 11.2. The van der Waals surface area contributed by atoms with Crippen LogP contribution in [-0.4, -0.2) is 38.5 Å². The lowest BCUT2D eigenvalue weighted by molar-refractivity contribution is -0.108. The molecule has 0 atom stereocenters. The maximum Gasteiger partial charge on any atom is 0.119 e. The van der Waals surface area contributed by atoms with E-state index in [2.05, 4.69) is 21.2 Å². The molecule has 0 aliphatic rings. The van der Waals surface area contributed by atoms with Crippen LogP contribution in [0.4, 0.5) is 0 Å². The zero-order chi connectivity index (χ0) is 10.5. The minimum absolute atomic E-state index is 0.646. The topological polar surface area (TPSA) is 35.5 Å². The summed E-state index contributed by atoms with van der Waals surface area (Å²) in [6, 6.07) is 0.